The third kappa shape index (κ3) is 4.93. The first-order chi connectivity index (χ1) is 12.4. The number of hydrogen-bond acceptors (Lipinski definition) is 4. The van der Waals surface area contributed by atoms with E-state index in [2.05, 4.69) is 24.1 Å². The fourth-order valence-electron chi connectivity index (χ4n) is 3.21. The molecule has 2 aliphatic heterocycles. The SMILES string of the molecule is CC(C)CCN1CCN(C(=O)CC2Sc3ccc(Cl)cc3NC2=O)CC1. The average molecular weight is 396 g/mol. The molecular formula is C19H26ClN3O2S. The molecule has 1 fully saturated rings. The van der Waals surface area contributed by atoms with Crippen molar-refractivity contribution in [3.05, 3.63) is 23.2 Å². The predicted octanol–water partition coefficient (Wildman–Crippen LogP) is 3.33. The lowest BCUT2D eigenvalue weighted by Crippen LogP contribution is -2.49. The molecule has 7 heteroatoms. The normalized spacial score (nSPS) is 20.8. The Kier molecular flexibility index (Phi) is 6.48. The standard InChI is InChI=1S/C19H26ClN3O2S/c1-13(2)5-6-22-7-9-23(10-8-22)18(24)12-17-19(25)21-15-11-14(20)3-4-16(15)26-17/h3-4,11,13,17H,5-10,12H2,1-2H3,(H,21,25). The molecule has 3 rings (SSSR count). The summed E-state index contributed by atoms with van der Waals surface area (Å²) in [6.07, 6.45) is 1.43. The van der Waals surface area contributed by atoms with Crippen LogP contribution in [0.25, 0.3) is 0 Å². The molecule has 0 saturated carbocycles. The maximum Gasteiger partial charge on any atom is 0.238 e. The Labute approximate surface area is 164 Å². The van der Waals surface area contributed by atoms with Gasteiger partial charge in [-0.15, -0.1) is 11.8 Å². The second-order valence-electron chi connectivity index (χ2n) is 7.35. The molecule has 2 amide bonds. The van der Waals surface area contributed by atoms with Crippen molar-refractivity contribution >= 4 is 40.9 Å². The van der Waals surface area contributed by atoms with Crippen molar-refractivity contribution in [1.82, 2.24) is 9.80 Å². The Morgan fingerprint density at radius 3 is 2.73 bits per heavy atom. The third-order valence-electron chi connectivity index (χ3n) is 4.87. The Balaban J connectivity index is 1.51. The van der Waals surface area contributed by atoms with Gasteiger partial charge < -0.3 is 10.2 Å². The predicted molar refractivity (Wildman–Crippen MR) is 107 cm³/mol. The van der Waals surface area contributed by atoms with Crippen molar-refractivity contribution < 1.29 is 9.59 Å². The van der Waals surface area contributed by atoms with Gasteiger partial charge in [-0.1, -0.05) is 25.4 Å². The smallest absolute Gasteiger partial charge is 0.238 e. The number of carbonyl (C=O) groups is 2. The number of nitrogens with zero attached hydrogens (tertiary/aromatic N) is 2. The number of piperazine rings is 1. The number of fused-ring (bicyclic) bond motifs is 1. The molecule has 142 valence electrons. The van der Waals surface area contributed by atoms with Crippen molar-refractivity contribution in [2.24, 2.45) is 5.92 Å². The summed E-state index contributed by atoms with van der Waals surface area (Å²) in [6, 6.07) is 5.45. The number of anilines is 1. The molecule has 0 aromatic heterocycles. The second kappa shape index (κ2) is 8.63. The van der Waals surface area contributed by atoms with Crippen LogP contribution in [0.2, 0.25) is 5.02 Å². The van der Waals surface area contributed by atoms with E-state index in [0.29, 0.717) is 10.9 Å². The minimum Gasteiger partial charge on any atom is -0.340 e. The van der Waals surface area contributed by atoms with Crippen molar-refractivity contribution in [2.75, 3.05) is 38.0 Å². The quantitative estimate of drug-likeness (QED) is 0.830. The van der Waals surface area contributed by atoms with E-state index in [1.807, 2.05) is 11.0 Å². The number of rotatable bonds is 5. The topological polar surface area (TPSA) is 52.6 Å². The van der Waals surface area contributed by atoms with E-state index in [9.17, 15) is 9.59 Å². The Hall–Kier alpha value is -1.24. The zero-order valence-corrected chi connectivity index (χ0v) is 16.9. The summed E-state index contributed by atoms with van der Waals surface area (Å²) in [5.74, 6) is 0.654. The Morgan fingerprint density at radius 2 is 2.04 bits per heavy atom. The number of halogens is 1. The number of hydrogen-bond donors (Lipinski definition) is 1. The van der Waals surface area contributed by atoms with E-state index >= 15 is 0 Å². The second-order valence-corrected chi connectivity index (χ2v) is 9.03. The number of benzene rings is 1. The van der Waals surface area contributed by atoms with E-state index in [4.69, 9.17) is 11.6 Å². The highest BCUT2D eigenvalue weighted by molar-refractivity contribution is 8.01. The summed E-state index contributed by atoms with van der Waals surface area (Å²) in [4.78, 5) is 30.3. The summed E-state index contributed by atoms with van der Waals surface area (Å²) >= 11 is 7.42. The van der Waals surface area contributed by atoms with Gasteiger partial charge in [0, 0.05) is 42.5 Å². The molecule has 1 saturated heterocycles. The average Bonchev–Trinajstić information content (AvgIpc) is 2.61. The summed E-state index contributed by atoms with van der Waals surface area (Å²) in [6.45, 7) is 8.91. The van der Waals surface area contributed by atoms with Crippen molar-refractivity contribution in [1.29, 1.82) is 0 Å². The van der Waals surface area contributed by atoms with Crippen LogP contribution in [0.15, 0.2) is 23.1 Å². The molecule has 0 bridgehead atoms. The lowest BCUT2D eigenvalue weighted by molar-refractivity contribution is -0.134. The van der Waals surface area contributed by atoms with Crippen LogP contribution >= 0.6 is 23.4 Å². The van der Waals surface area contributed by atoms with E-state index in [0.717, 1.165) is 43.3 Å². The van der Waals surface area contributed by atoms with Crippen LogP contribution in [-0.4, -0.2) is 59.6 Å². The van der Waals surface area contributed by atoms with Gasteiger partial charge >= 0.3 is 0 Å². The highest BCUT2D eigenvalue weighted by Gasteiger charge is 2.31. The molecular weight excluding hydrogens is 370 g/mol. The van der Waals surface area contributed by atoms with Gasteiger partial charge in [0.25, 0.3) is 0 Å². The molecule has 1 aromatic carbocycles. The summed E-state index contributed by atoms with van der Waals surface area (Å²) in [5.41, 5.74) is 0.731. The number of carbonyl (C=O) groups excluding carboxylic acids is 2. The zero-order valence-electron chi connectivity index (χ0n) is 15.3. The van der Waals surface area contributed by atoms with Gasteiger partial charge in [-0.05, 0) is 37.1 Å². The van der Waals surface area contributed by atoms with E-state index in [1.165, 1.54) is 18.2 Å². The number of thioether (sulfide) groups is 1. The lowest BCUT2D eigenvalue weighted by atomic mass is 10.1. The Bertz CT molecular complexity index is 675. The maximum atomic E-state index is 12.6. The molecule has 2 heterocycles. The van der Waals surface area contributed by atoms with Crippen molar-refractivity contribution in [3.63, 3.8) is 0 Å². The first-order valence-corrected chi connectivity index (χ1v) is 10.5. The van der Waals surface area contributed by atoms with Crippen LogP contribution in [0.1, 0.15) is 26.7 Å². The fourth-order valence-corrected chi connectivity index (χ4v) is 4.46. The van der Waals surface area contributed by atoms with Crippen LogP contribution in [0.5, 0.6) is 0 Å². The van der Waals surface area contributed by atoms with Crippen LogP contribution in [-0.2, 0) is 9.59 Å². The van der Waals surface area contributed by atoms with Crippen LogP contribution in [0, 0.1) is 5.92 Å². The minimum absolute atomic E-state index is 0.0681. The van der Waals surface area contributed by atoms with E-state index < -0.39 is 0 Å². The van der Waals surface area contributed by atoms with Gasteiger partial charge in [0.2, 0.25) is 11.8 Å². The number of nitrogens with one attached hydrogen (secondary N) is 1. The molecule has 0 radical (unpaired) electrons. The highest BCUT2D eigenvalue weighted by Crippen LogP contribution is 2.38. The van der Waals surface area contributed by atoms with Gasteiger partial charge in [-0.2, -0.15) is 0 Å². The molecule has 1 aromatic rings. The first kappa shape index (κ1) is 19.5. The largest absolute Gasteiger partial charge is 0.340 e. The zero-order chi connectivity index (χ0) is 18.7. The molecule has 5 nitrogen and oxygen atoms in total. The highest BCUT2D eigenvalue weighted by atomic mass is 35.5. The molecule has 0 spiro atoms. The van der Waals surface area contributed by atoms with Gasteiger partial charge in [0.15, 0.2) is 0 Å². The first-order valence-electron chi connectivity index (χ1n) is 9.19. The van der Waals surface area contributed by atoms with E-state index in [-0.39, 0.29) is 23.5 Å². The molecule has 0 aliphatic carbocycles. The van der Waals surface area contributed by atoms with Gasteiger partial charge in [0.1, 0.15) is 0 Å². The summed E-state index contributed by atoms with van der Waals surface area (Å²) in [7, 11) is 0. The van der Waals surface area contributed by atoms with Gasteiger partial charge in [-0.3, -0.25) is 14.5 Å². The summed E-state index contributed by atoms with van der Waals surface area (Å²) < 4.78 is 0. The molecule has 1 atom stereocenters. The maximum absolute atomic E-state index is 12.6. The fraction of sp³-hybridized carbons (Fsp3) is 0.579. The van der Waals surface area contributed by atoms with Crippen molar-refractivity contribution in [2.45, 2.75) is 36.8 Å². The van der Waals surface area contributed by atoms with Gasteiger partial charge in [-0.25, -0.2) is 0 Å². The monoisotopic (exact) mass is 395 g/mol. The van der Waals surface area contributed by atoms with Crippen LogP contribution < -0.4 is 5.32 Å². The van der Waals surface area contributed by atoms with Gasteiger partial charge in [0.05, 0.1) is 10.9 Å². The lowest BCUT2D eigenvalue weighted by Gasteiger charge is -2.35. The van der Waals surface area contributed by atoms with Crippen molar-refractivity contribution in [3.8, 4) is 0 Å². The molecule has 26 heavy (non-hydrogen) atoms. The van der Waals surface area contributed by atoms with E-state index in [1.54, 1.807) is 12.1 Å². The van der Waals surface area contributed by atoms with Crippen LogP contribution in [0.3, 0.4) is 0 Å². The summed E-state index contributed by atoms with van der Waals surface area (Å²) in [5, 5.41) is 3.08. The van der Waals surface area contributed by atoms with Crippen LogP contribution in [0.4, 0.5) is 5.69 Å². The minimum atomic E-state index is -0.379. The molecule has 2 aliphatic rings. The number of amides is 2. The Morgan fingerprint density at radius 1 is 1.31 bits per heavy atom. The molecule has 1 N–H and O–H groups in total. The molecule has 1 unspecified atom stereocenters. The third-order valence-corrected chi connectivity index (χ3v) is 6.38.